The van der Waals surface area contributed by atoms with Gasteiger partial charge in [-0.15, -0.1) is 0 Å². The van der Waals surface area contributed by atoms with Crippen molar-refractivity contribution in [1.82, 2.24) is 9.97 Å². The highest BCUT2D eigenvalue weighted by molar-refractivity contribution is 5.67. The van der Waals surface area contributed by atoms with Gasteiger partial charge in [-0.1, -0.05) is 0 Å². The van der Waals surface area contributed by atoms with E-state index in [9.17, 15) is 0 Å². The lowest BCUT2D eigenvalue weighted by atomic mass is 10.0. The maximum Gasteiger partial charge on any atom is 0.199 e. The molecule has 0 aliphatic carbocycles. The quantitative estimate of drug-likeness (QED) is 0.812. The molecule has 2 aromatic heterocycles. The minimum atomic E-state index is -0.310. The first-order valence-electron chi connectivity index (χ1n) is 4.96. The molecule has 2 rings (SSSR count). The average molecular weight is 205 g/mol. The fourth-order valence-corrected chi connectivity index (χ4v) is 1.42. The van der Waals surface area contributed by atoms with Gasteiger partial charge < -0.3 is 10.2 Å². The number of oxazole rings is 1. The van der Waals surface area contributed by atoms with Crippen LogP contribution in [0.25, 0.3) is 11.2 Å². The van der Waals surface area contributed by atoms with Crippen LogP contribution in [0.3, 0.4) is 0 Å². The first kappa shape index (κ1) is 10.1. The molecule has 0 unspecified atom stereocenters. The number of aromatic nitrogens is 2. The Hall–Kier alpha value is -1.42. The Bertz CT molecular complexity index is 482. The number of hydrogen-bond donors (Lipinski definition) is 1. The monoisotopic (exact) mass is 205 g/mol. The van der Waals surface area contributed by atoms with Crippen molar-refractivity contribution in [3.63, 3.8) is 0 Å². The third-order valence-electron chi connectivity index (χ3n) is 2.04. The molecule has 4 nitrogen and oxygen atoms in total. The van der Waals surface area contributed by atoms with E-state index in [2.05, 4.69) is 9.97 Å². The summed E-state index contributed by atoms with van der Waals surface area (Å²) in [5.74, 6) is 0.649. The first-order valence-corrected chi connectivity index (χ1v) is 4.96. The zero-order valence-electron chi connectivity index (χ0n) is 9.24. The van der Waals surface area contributed by atoms with E-state index in [-0.39, 0.29) is 5.54 Å². The number of pyridine rings is 1. The Labute approximate surface area is 88.5 Å². The second kappa shape index (κ2) is 3.31. The predicted molar refractivity (Wildman–Crippen MR) is 58.5 cm³/mol. The number of nitrogens with zero attached hydrogens (tertiary/aromatic N) is 2. The molecule has 0 fully saturated rings. The van der Waals surface area contributed by atoms with Crippen LogP contribution in [0.15, 0.2) is 16.5 Å². The van der Waals surface area contributed by atoms with Gasteiger partial charge in [0.1, 0.15) is 0 Å². The van der Waals surface area contributed by atoms with Gasteiger partial charge in [0, 0.05) is 17.7 Å². The molecule has 0 spiro atoms. The van der Waals surface area contributed by atoms with Gasteiger partial charge in [-0.2, -0.15) is 4.98 Å². The van der Waals surface area contributed by atoms with Gasteiger partial charge in [-0.3, -0.25) is 0 Å². The van der Waals surface area contributed by atoms with E-state index in [1.807, 2.05) is 32.9 Å². The smallest absolute Gasteiger partial charge is 0.199 e. The summed E-state index contributed by atoms with van der Waals surface area (Å²) in [6, 6.07) is 3.79. The molecule has 80 valence electrons. The van der Waals surface area contributed by atoms with Crippen LogP contribution in [0.5, 0.6) is 0 Å². The van der Waals surface area contributed by atoms with Crippen LogP contribution < -0.4 is 5.73 Å². The highest BCUT2D eigenvalue weighted by Gasteiger charge is 2.16. The molecular formula is C11H15N3O. The van der Waals surface area contributed by atoms with Gasteiger partial charge in [0.05, 0.1) is 0 Å². The van der Waals surface area contributed by atoms with Gasteiger partial charge in [-0.05, 0) is 32.9 Å². The number of rotatable bonds is 2. The lowest BCUT2D eigenvalue weighted by Gasteiger charge is -2.14. The van der Waals surface area contributed by atoms with Crippen molar-refractivity contribution >= 4 is 11.2 Å². The number of aryl methyl sites for hydroxylation is 1. The van der Waals surface area contributed by atoms with E-state index < -0.39 is 0 Å². The molecule has 0 bridgehead atoms. The molecule has 0 radical (unpaired) electrons. The Morgan fingerprint density at radius 1 is 1.33 bits per heavy atom. The van der Waals surface area contributed by atoms with E-state index in [1.165, 1.54) is 0 Å². The summed E-state index contributed by atoms with van der Waals surface area (Å²) in [6.45, 7) is 5.82. The van der Waals surface area contributed by atoms with Gasteiger partial charge >= 0.3 is 0 Å². The Morgan fingerprint density at radius 3 is 2.73 bits per heavy atom. The lowest BCUT2D eigenvalue weighted by molar-refractivity contribution is 0.433. The van der Waals surface area contributed by atoms with E-state index in [0.29, 0.717) is 18.0 Å². The molecular weight excluding hydrogens is 190 g/mol. The van der Waals surface area contributed by atoms with Crippen LogP contribution >= 0.6 is 0 Å². The van der Waals surface area contributed by atoms with Crippen molar-refractivity contribution < 1.29 is 4.42 Å². The summed E-state index contributed by atoms with van der Waals surface area (Å²) in [5, 5.41) is 0. The standard InChI is InChI=1S/C11H15N3O/c1-7-4-5-8-10(13-7)14-9(15-8)6-11(2,3)12/h4-5H,6,12H2,1-3H3. The van der Waals surface area contributed by atoms with Crippen molar-refractivity contribution in [2.75, 3.05) is 0 Å². The fourth-order valence-electron chi connectivity index (χ4n) is 1.42. The second-order valence-corrected chi connectivity index (χ2v) is 4.55. The Kier molecular flexibility index (Phi) is 2.23. The minimum Gasteiger partial charge on any atom is -0.439 e. The van der Waals surface area contributed by atoms with Crippen molar-refractivity contribution in [3.8, 4) is 0 Å². The van der Waals surface area contributed by atoms with E-state index >= 15 is 0 Å². The number of nitrogens with two attached hydrogens (primary N) is 1. The molecule has 4 heteroatoms. The largest absolute Gasteiger partial charge is 0.439 e. The molecule has 2 N–H and O–H groups in total. The Balaban J connectivity index is 2.39. The van der Waals surface area contributed by atoms with Gasteiger partial charge in [0.15, 0.2) is 17.1 Å². The zero-order valence-corrected chi connectivity index (χ0v) is 9.24. The molecule has 0 amide bonds. The predicted octanol–water partition coefficient (Wildman–Crippen LogP) is 1.81. The van der Waals surface area contributed by atoms with Gasteiger partial charge in [-0.25, -0.2) is 4.98 Å². The number of fused-ring (bicyclic) bond motifs is 1. The third kappa shape index (κ3) is 2.33. The average Bonchev–Trinajstić information content (AvgIpc) is 2.42. The van der Waals surface area contributed by atoms with Crippen LogP contribution in [0, 0.1) is 6.92 Å². The van der Waals surface area contributed by atoms with Gasteiger partial charge in [0.2, 0.25) is 0 Å². The van der Waals surface area contributed by atoms with Crippen molar-refractivity contribution in [3.05, 3.63) is 23.7 Å². The molecule has 0 saturated heterocycles. The molecule has 0 aliphatic heterocycles. The SMILES string of the molecule is Cc1ccc2oc(CC(C)(C)N)nc2n1. The third-order valence-corrected chi connectivity index (χ3v) is 2.04. The van der Waals surface area contributed by atoms with E-state index in [1.54, 1.807) is 0 Å². The highest BCUT2D eigenvalue weighted by atomic mass is 16.3. The maximum atomic E-state index is 5.90. The lowest BCUT2D eigenvalue weighted by Crippen LogP contribution is -2.34. The van der Waals surface area contributed by atoms with E-state index in [0.717, 1.165) is 11.3 Å². The topological polar surface area (TPSA) is 64.9 Å². The Morgan fingerprint density at radius 2 is 2.07 bits per heavy atom. The summed E-state index contributed by atoms with van der Waals surface area (Å²) in [4.78, 5) is 8.58. The molecule has 0 saturated carbocycles. The summed E-state index contributed by atoms with van der Waals surface area (Å²) in [5.41, 5.74) is 7.91. The van der Waals surface area contributed by atoms with E-state index in [4.69, 9.17) is 10.2 Å². The first-order chi connectivity index (χ1) is 6.94. The minimum absolute atomic E-state index is 0.310. The normalized spacial score (nSPS) is 12.3. The van der Waals surface area contributed by atoms with Crippen LogP contribution in [-0.2, 0) is 6.42 Å². The summed E-state index contributed by atoms with van der Waals surface area (Å²) in [6.07, 6.45) is 0.613. The molecule has 2 heterocycles. The fraction of sp³-hybridized carbons (Fsp3) is 0.455. The molecule has 0 aliphatic rings. The van der Waals surface area contributed by atoms with Crippen LogP contribution in [-0.4, -0.2) is 15.5 Å². The summed E-state index contributed by atoms with van der Waals surface area (Å²) < 4.78 is 5.55. The summed E-state index contributed by atoms with van der Waals surface area (Å²) >= 11 is 0. The van der Waals surface area contributed by atoms with Crippen LogP contribution in [0.1, 0.15) is 25.4 Å². The van der Waals surface area contributed by atoms with Crippen LogP contribution in [0.4, 0.5) is 0 Å². The van der Waals surface area contributed by atoms with Crippen molar-refractivity contribution in [2.45, 2.75) is 32.7 Å². The van der Waals surface area contributed by atoms with Crippen LogP contribution in [0.2, 0.25) is 0 Å². The van der Waals surface area contributed by atoms with Gasteiger partial charge in [0.25, 0.3) is 0 Å². The highest BCUT2D eigenvalue weighted by Crippen LogP contribution is 2.16. The molecule has 0 aromatic carbocycles. The maximum absolute atomic E-state index is 5.90. The second-order valence-electron chi connectivity index (χ2n) is 4.55. The zero-order chi connectivity index (χ0) is 11.1. The number of hydrogen-bond acceptors (Lipinski definition) is 4. The molecule has 0 atom stereocenters. The summed E-state index contributed by atoms with van der Waals surface area (Å²) in [7, 11) is 0. The molecule has 15 heavy (non-hydrogen) atoms. The van der Waals surface area contributed by atoms with Crippen molar-refractivity contribution in [1.29, 1.82) is 0 Å². The molecule has 2 aromatic rings. The van der Waals surface area contributed by atoms with Crippen molar-refractivity contribution in [2.24, 2.45) is 5.73 Å².